The SMILES string of the molecule is C=CCCC(=O)Nc1cc(C(=O)O)ccn1. The number of carbonyl (C=O) groups is 2. The highest BCUT2D eigenvalue weighted by Crippen LogP contribution is 2.07. The Labute approximate surface area is 92.8 Å². The molecule has 0 unspecified atom stereocenters. The van der Waals surface area contributed by atoms with Crippen LogP contribution in [0.4, 0.5) is 5.82 Å². The fourth-order valence-electron chi connectivity index (χ4n) is 1.07. The summed E-state index contributed by atoms with van der Waals surface area (Å²) in [5.41, 5.74) is 0.0917. The van der Waals surface area contributed by atoms with Crippen molar-refractivity contribution < 1.29 is 14.7 Å². The largest absolute Gasteiger partial charge is 0.478 e. The van der Waals surface area contributed by atoms with Crippen LogP contribution < -0.4 is 5.32 Å². The van der Waals surface area contributed by atoms with E-state index < -0.39 is 5.97 Å². The molecule has 5 nitrogen and oxygen atoms in total. The molecule has 0 aliphatic rings. The topological polar surface area (TPSA) is 79.3 Å². The smallest absolute Gasteiger partial charge is 0.335 e. The molecule has 1 amide bonds. The first-order chi connectivity index (χ1) is 7.63. The van der Waals surface area contributed by atoms with Gasteiger partial charge in [-0.25, -0.2) is 9.78 Å². The first-order valence-corrected chi connectivity index (χ1v) is 4.73. The highest BCUT2D eigenvalue weighted by atomic mass is 16.4. The van der Waals surface area contributed by atoms with Crippen molar-refractivity contribution in [2.75, 3.05) is 5.32 Å². The summed E-state index contributed by atoms with van der Waals surface area (Å²) in [4.78, 5) is 25.8. The molecule has 2 N–H and O–H groups in total. The summed E-state index contributed by atoms with van der Waals surface area (Å²) in [5.74, 6) is -1.02. The van der Waals surface area contributed by atoms with E-state index in [0.29, 0.717) is 12.8 Å². The third-order valence-electron chi connectivity index (χ3n) is 1.85. The Morgan fingerprint density at radius 3 is 2.94 bits per heavy atom. The van der Waals surface area contributed by atoms with Crippen LogP contribution in [0.5, 0.6) is 0 Å². The number of anilines is 1. The van der Waals surface area contributed by atoms with Gasteiger partial charge in [0.05, 0.1) is 5.56 Å². The summed E-state index contributed by atoms with van der Waals surface area (Å²) in [6.07, 6.45) is 3.86. The molecule has 1 rings (SSSR count). The molecule has 0 saturated carbocycles. The number of nitrogens with zero attached hydrogens (tertiary/aromatic N) is 1. The van der Waals surface area contributed by atoms with Gasteiger partial charge in [-0.1, -0.05) is 6.08 Å². The lowest BCUT2D eigenvalue weighted by molar-refractivity contribution is -0.116. The molecule has 0 radical (unpaired) electrons. The zero-order valence-electron chi connectivity index (χ0n) is 8.64. The van der Waals surface area contributed by atoms with Crippen LogP contribution in [-0.4, -0.2) is 22.0 Å². The monoisotopic (exact) mass is 220 g/mol. The molecule has 0 atom stereocenters. The maximum atomic E-state index is 11.3. The molecular formula is C11H12N2O3. The van der Waals surface area contributed by atoms with E-state index in [0.717, 1.165) is 0 Å². The van der Waals surface area contributed by atoms with Gasteiger partial charge >= 0.3 is 5.97 Å². The van der Waals surface area contributed by atoms with Gasteiger partial charge in [0, 0.05) is 12.6 Å². The average molecular weight is 220 g/mol. The van der Waals surface area contributed by atoms with Crippen LogP contribution in [-0.2, 0) is 4.79 Å². The molecule has 0 aliphatic carbocycles. The number of pyridine rings is 1. The van der Waals surface area contributed by atoms with Crippen LogP contribution in [0.1, 0.15) is 23.2 Å². The van der Waals surface area contributed by atoms with E-state index in [1.807, 2.05) is 0 Å². The number of hydrogen-bond donors (Lipinski definition) is 2. The normalized spacial score (nSPS) is 9.50. The molecule has 1 aromatic rings. The minimum atomic E-state index is -1.05. The molecule has 16 heavy (non-hydrogen) atoms. The van der Waals surface area contributed by atoms with Gasteiger partial charge in [-0.2, -0.15) is 0 Å². The number of aromatic carboxylic acids is 1. The predicted octanol–water partition coefficient (Wildman–Crippen LogP) is 1.68. The maximum absolute atomic E-state index is 11.3. The van der Waals surface area contributed by atoms with Crippen LogP contribution in [0.2, 0.25) is 0 Å². The van der Waals surface area contributed by atoms with Crippen molar-refractivity contribution >= 4 is 17.7 Å². The molecule has 0 saturated heterocycles. The first-order valence-electron chi connectivity index (χ1n) is 4.73. The molecule has 0 aromatic carbocycles. The molecule has 1 aromatic heterocycles. The Morgan fingerprint density at radius 1 is 1.56 bits per heavy atom. The van der Waals surface area contributed by atoms with E-state index in [-0.39, 0.29) is 17.3 Å². The van der Waals surface area contributed by atoms with Crippen molar-refractivity contribution in [1.82, 2.24) is 4.98 Å². The van der Waals surface area contributed by atoms with Crippen molar-refractivity contribution in [2.24, 2.45) is 0 Å². The molecule has 0 bridgehead atoms. The number of carboxylic acid groups (broad SMARTS) is 1. The minimum Gasteiger partial charge on any atom is -0.478 e. The average Bonchev–Trinajstić information content (AvgIpc) is 2.26. The van der Waals surface area contributed by atoms with E-state index in [4.69, 9.17) is 5.11 Å². The van der Waals surface area contributed by atoms with Gasteiger partial charge in [0.1, 0.15) is 5.82 Å². The van der Waals surface area contributed by atoms with Crippen LogP contribution in [0, 0.1) is 0 Å². The summed E-state index contributed by atoms with van der Waals surface area (Å²) < 4.78 is 0. The quantitative estimate of drug-likeness (QED) is 0.740. The highest BCUT2D eigenvalue weighted by Gasteiger charge is 2.06. The van der Waals surface area contributed by atoms with Crippen molar-refractivity contribution in [3.63, 3.8) is 0 Å². The highest BCUT2D eigenvalue weighted by molar-refractivity contribution is 5.92. The Balaban J connectivity index is 2.66. The fourth-order valence-corrected chi connectivity index (χ4v) is 1.07. The van der Waals surface area contributed by atoms with E-state index >= 15 is 0 Å². The lowest BCUT2D eigenvalue weighted by Gasteiger charge is -2.03. The Hall–Kier alpha value is -2.17. The zero-order chi connectivity index (χ0) is 12.0. The number of allylic oxidation sites excluding steroid dienone is 1. The summed E-state index contributed by atoms with van der Waals surface area (Å²) in [5, 5.41) is 11.2. The van der Waals surface area contributed by atoms with Crippen molar-refractivity contribution in [3.05, 3.63) is 36.5 Å². The van der Waals surface area contributed by atoms with E-state index in [2.05, 4.69) is 16.9 Å². The second-order valence-electron chi connectivity index (χ2n) is 3.11. The third kappa shape index (κ3) is 3.53. The lowest BCUT2D eigenvalue weighted by atomic mass is 10.2. The summed E-state index contributed by atoms with van der Waals surface area (Å²) in [6.45, 7) is 3.50. The first kappa shape index (κ1) is 11.9. The van der Waals surface area contributed by atoms with E-state index in [1.54, 1.807) is 6.08 Å². The van der Waals surface area contributed by atoms with Gasteiger partial charge in [-0.05, 0) is 18.6 Å². The molecule has 0 spiro atoms. The molecule has 5 heteroatoms. The van der Waals surface area contributed by atoms with Gasteiger partial charge in [0.2, 0.25) is 5.91 Å². The Morgan fingerprint density at radius 2 is 2.31 bits per heavy atom. The van der Waals surface area contributed by atoms with E-state index in [1.165, 1.54) is 18.3 Å². The Bertz CT molecular complexity index is 415. The van der Waals surface area contributed by atoms with Gasteiger partial charge in [0.25, 0.3) is 0 Å². The molecule has 0 aliphatic heterocycles. The van der Waals surface area contributed by atoms with Gasteiger partial charge in [-0.3, -0.25) is 4.79 Å². The number of amides is 1. The molecule has 84 valence electrons. The predicted molar refractivity (Wildman–Crippen MR) is 59.3 cm³/mol. The summed E-state index contributed by atoms with van der Waals surface area (Å²) >= 11 is 0. The van der Waals surface area contributed by atoms with E-state index in [9.17, 15) is 9.59 Å². The van der Waals surface area contributed by atoms with Gasteiger partial charge in [0.15, 0.2) is 0 Å². The number of rotatable bonds is 5. The van der Waals surface area contributed by atoms with Crippen molar-refractivity contribution in [2.45, 2.75) is 12.8 Å². The van der Waals surface area contributed by atoms with Gasteiger partial charge in [-0.15, -0.1) is 6.58 Å². The number of aromatic nitrogens is 1. The number of nitrogens with one attached hydrogen (secondary N) is 1. The lowest BCUT2D eigenvalue weighted by Crippen LogP contribution is -2.12. The van der Waals surface area contributed by atoms with Crippen molar-refractivity contribution in [1.29, 1.82) is 0 Å². The summed E-state index contributed by atoms with van der Waals surface area (Å²) in [6, 6.07) is 2.68. The number of carbonyl (C=O) groups excluding carboxylic acids is 1. The number of hydrogen-bond acceptors (Lipinski definition) is 3. The van der Waals surface area contributed by atoms with Crippen LogP contribution in [0.15, 0.2) is 31.0 Å². The fraction of sp³-hybridized carbons (Fsp3) is 0.182. The zero-order valence-corrected chi connectivity index (χ0v) is 8.64. The van der Waals surface area contributed by atoms with Crippen LogP contribution in [0.25, 0.3) is 0 Å². The third-order valence-corrected chi connectivity index (χ3v) is 1.85. The van der Waals surface area contributed by atoms with Gasteiger partial charge < -0.3 is 10.4 Å². The molecule has 1 heterocycles. The standard InChI is InChI=1S/C11H12N2O3/c1-2-3-4-10(14)13-9-7-8(11(15)16)5-6-12-9/h2,5-7H,1,3-4H2,(H,15,16)(H,12,13,14). The maximum Gasteiger partial charge on any atom is 0.335 e. The van der Waals surface area contributed by atoms with Crippen LogP contribution in [0.3, 0.4) is 0 Å². The summed E-state index contributed by atoms with van der Waals surface area (Å²) in [7, 11) is 0. The van der Waals surface area contributed by atoms with Crippen molar-refractivity contribution in [3.8, 4) is 0 Å². The molecular weight excluding hydrogens is 208 g/mol. The minimum absolute atomic E-state index is 0.0917. The second kappa shape index (κ2) is 5.65. The second-order valence-corrected chi connectivity index (χ2v) is 3.11. The number of carboxylic acids is 1. The molecule has 0 fully saturated rings. The van der Waals surface area contributed by atoms with Crippen LogP contribution >= 0.6 is 0 Å². The Kier molecular flexibility index (Phi) is 4.20.